The highest BCUT2D eigenvalue weighted by molar-refractivity contribution is 5.64. The predicted molar refractivity (Wildman–Crippen MR) is 66.8 cm³/mol. The van der Waals surface area contributed by atoms with E-state index in [1.54, 1.807) is 7.11 Å². The van der Waals surface area contributed by atoms with Crippen LogP contribution in [-0.2, 0) is 4.74 Å². The number of hydrogen-bond acceptors (Lipinski definition) is 4. The van der Waals surface area contributed by atoms with E-state index in [4.69, 9.17) is 16.2 Å². The summed E-state index contributed by atoms with van der Waals surface area (Å²) in [6, 6.07) is 7.23. The molecule has 0 aromatic heterocycles. The third-order valence-electron chi connectivity index (χ3n) is 2.21. The number of amides is 1. The van der Waals surface area contributed by atoms with E-state index < -0.39 is 6.09 Å². The second-order valence-corrected chi connectivity index (χ2v) is 3.30. The number of primary amides is 1. The fraction of sp³-hybridized carbons (Fsp3) is 0.417. The van der Waals surface area contributed by atoms with Crippen molar-refractivity contribution in [2.24, 2.45) is 11.5 Å². The second-order valence-electron chi connectivity index (χ2n) is 3.30. The Morgan fingerprint density at radius 2 is 2.06 bits per heavy atom. The van der Waals surface area contributed by atoms with Crippen LogP contribution in [0.3, 0.4) is 0 Å². The highest BCUT2D eigenvalue weighted by Gasteiger charge is 2.11. The summed E-state index contributed by atoms with van der Waals surface area (Å²) in [7, 11) is 1.59. The first kappa shape index (κ1) is 15.2. The zero-order valence-electron chi connectivity index (χ0n) is 9.18. The standard InChI is InChI=1S/C11H16N2O3.CH4/c1-15-10-5-3-2-4-8(10)9(12)6-7-16-11(13)14;/h2-5,9H,6-7,12H2,1H3,(H2,13,14);1H4. The van der Waals surface area contributed by atoms with Gasteiger partial charge in [-0.1, -0.05) is 25.6 Å². The monoisotopic (exact) mass is 240 g/mol. The summed E-state index contributed by atoms with van der Waals surface area (Å²) in [5, 5.41) is 0. The van der Waals surface area contributed by atoms with Gasteiger partial charge in [0.25, 0.3) is 0 Å². The molecule has 0 saturated carbocycles. The fourth-order valence-electron chi connectivity index (χ4n) is 1.41. The van der Waals surface area contributed by atoms with Gasteiger partial charge in [0.05, 0.1) is 13.7 Å². The van der Waals surface area contributed by atoms with E-state index in [0.717, 1.165) is 11.3 Å². The second kappa shape index (κ2) is 7.51. The van der Waals surface area contributed by atoms with Gasteiger partial charge in [-0.2, -0.15) is 0 Å². The lowest BCUT2D eigenvalue weighted by Crippen LogP contribution is -2.18. The summed E-state index contributed by atoms with van der Waals surface area (Å²) >= 11 is 0. The number of carbonyl (C=O) groups is 1. The quantitative estimate of drug-likeness (QED) is 0.821. The van der Waals surface area contributed by atoms with E-state index in [-0.39, 0.29) is 20.1 Å². The van der Waals surface area contributed by atoms with Crippen molar-refractivity contribution in [2.45, 2.75) is 19.9 Å². The maximum atomic E-state index is 10.4. The van der Waals surface area contributed by atoms with Crippen LogP contribution < -0.4 is 16.2 Å². The van der Waals surface area contributed by atoms with Gasteiger partial charge in [0.2, 0.25) is 0 Å². The van der Waals surface area contributed by atoms with Gasteiger partial charge in [-0.3, -0.25) is 0 Å². The smallest absolute Gasteiger partial charge is 0.404 e. The lowest BCUT2D eigenvalue weighted by Gasteiger charge is -2.15. The first-order valence-electron chi connectivity index (χ1n) is 4.96. The fourth-order valence-corrected chi connectivity index (χ4v) is 1.41. The summed E-state index contributed by atoms with van der Waals surface area (Å²) in [5.41, 5.74) is 11.7. The molecule has 1 aromatic carbocycles. The minimum Gasteiger partial charge on any atom is -0.496 e. The third-order valence-corrected chi connectivity index (χ3v) is 2.21. The first-order valence-corrected chi connectivity index (χ1v) is 4.96. The van der Waals surface area contributed by atoms with E-state index in [1.165, 1.54) is 0 Å². The van der Waals surface area contributed by atoms with Crippen molar-refractivity contribution in [2.75, 3.05) is 13.7 Å². The molecule has 1 amide bonds. The number of ether oxygens (including phenoxy) is 2. The van der Waals surface area contributed by atoms with Gasteiger partial charge < -0.3 is 20.9 Å². The number of hydrogen-bond donors (Lipinski definition) is 2. The van der Waals surface area contributed by atoms with Crippen molar-refractivity contribution in [1.82, 2.24) is 0 Å². The van der Waals surface area contributed by atoms with Crippen LogP contribution in [0, 0.1) is 0 Å². The Bertz CT molecular complexity index is 355. The van der Waals surface area contributed by atoms with Crippen LogP contribution in [0.2, 0.25) is 0 Å². The molecule has 5 heteroatoms. The Hall–Kier alpha value is -1.75. The van der Waals surface area contributed by atoms with E-state index in [1.807, 2.05) is 24.3 Å². The topological polar surface area (TPSA) is 87.6 Å². The van der Waals surface area contributed by atoms with Crippen LogP contribution in [0.5, 0.6) is 5.75 Å². The average molecular weight is 240 g/mol. The molecule has 0 saturated heterocycles. The number of carbonyl (C=O) groups excluding carboxylic acids is 1. The lowest BCUT2D eigenvalue weighted by atomic mass is 10.0. The Balaban J connectivity index is 0.00000256. The maximum Gasteiger partial charge on any atom is 0.404 e. The van der Waals surface area contributed by atoms with E-state index >= 15 is 0 Å². The van der Waals surface area contributed by atoms with Crippen LogP contribution in [0.25, 0.3) is 0 Å². The van der Waals surface area contributed by atoms with Gasteiger partial charge in [-0.25, -0.2) is 4.79 Å². The minimum absolute atomic E-state index is 0. The largest absolute Gasteiger partial charge is 0.496 e. The SMILES string of the molecule is C.COc1ccccc1C(N)CCOC(N)=O. The van der Waals surface area contributed by atoms with Gasteiger partial charge >= 0.3 is 6.09 Å². The van der Waals surface area contributed by atoms with Crippen LogP contribution >= 0.6 is 0 Å². The van der Waals surface area contributed by atoms with Crippen molar-refractivity contribution in [3.8, 4) is 5.75 Å². The number of rotatable bonds is 5. The van der Waals surface area contributed by atoms with Crippen molar-refractivity contribution >= 4 is 6.09 Å². The maximum absolute atomic E-state index is 10.4. The molecule has 0 heterocycles. The molecule has 5 nitrogen and oxygen atoms in total. The first-order chi connectivity index (χ1) is 7.65. The Kier molecular flexibility index (Phi) is 6.74. The van der Waals surface area contributed by atoms with Gasteiger partial charge in [-0.15, -0.1) is 0 Å². The van der Waals surface area contributed by atoms with Crippen LogP contribution in [0.4, 0.5) is 4.79 Å². The lowest BCUT2D eigenvalue weighted by molar-refractivity contribution is 0.152. The molecule has 0 spiro atoms. The average Bonchev–Trinajstić information content (AvgIpc) is 2.28. The van der Waals surface area contributed by atoms with E-state index in [0.29, 0.717) is 6.42 Å². The normalized spacial score (nSPS) is 11.2. The van der Waals surface area contributed by atoms with Crippen LogP contribution in [0.1, 0.15) is 25.5 Å². The van der Waals surface area contributed by atoms with Gasteiger partial charge in [-0.05, 0) is 6.07 Å². The summed E-state index contributed by atoms with van der Waals surface area (Å²) in [5.74, 6) is 0.731. The van der Waals surface area contributed by atoms with E-state index in [2.05, 4.69) is 4.74 Å². The van der Waals surface area contributed by atoms with Crippen LogP contribution in [-0.4, -0.2) is 19.8 Å². The molecule has 0 aliphatic carbocycles. The molecule has 0 aliphatic rings. The Labute approximate surface area is 102 Å². The summed E-state index contributed by atoms with van der Waals surface area (Å²) in [4.78, 5) is 10.4. The summed E-state index contributed by atoms with van der Waals surface area (Å²) in [6.45, 7) is 0.203. The number of para-hydroxylation sites is 1. The highest BCUT2D eigenvalue weighted by Crippen LogP contribution is 2.24. The number of benzene rings is 1. The van der Waals surface area contributed by atoms with Crippen LogP contribution in [0.15, 0.2) is 24.3 Å². The summed E-state index contributed by atoms with van der Waals surface area (Å²) < 4.78 is 9.81. The molecule has 0 radical (unpaired) electrons. The van der Waals surface area contributed by atoms with Crippen molar-refractivity contribution in [3.05, 3.63) is 29.8 Å². The van der Waals surface area contributed by atoms with Crippen molar-refractivity contribution < 1.29 is 14.3 Å². The molecule has 1 atom stereocenters. The van der Waals surface area contributed by atoms with Crippen molar-refractivity contribution in [3.63, 3.8) is 0 Å². The molecule has 0 fully saturated rings. The number of methoxy groups -OCH3 is 1. The molecule has 1 rings (SSSR count). The molecule has 4 N–H and O–H groups in total. The van der Waals surface area contributed by atoms with Gasteiger partial charge in [0.1, 0.15) is 5.75 Å². The zero-order chi connectivity index (χ0) is 12.0. The minimum atomic E-state index is -0.785. The molecule has 96 valence electrons. The molecule has 1 unspecified atom stereocenters. The predicted octanol–water partition coefficient (Wildman–Crippen LogP) is 1.82. The Morgan fingerprint density at radius 1 is 1.41 bits per heavy atom. The molecule has 17 heavy (non-hydrogen) atoms. The molecule has 0 aliphatic heterocycles. The van der Waals surface area contributed by atoms with Crippen molar-refractivity contribution in [1.29, 1.82) is 0 Å². The molecular formula is C12H20N2O3. The zero-order valence-corrected chi connectivity index (χ0v) is 9.18. The Morgan fingerprint density at radius 3 is 2.65 bits per heavy atom. The molecule has 0 bridgehead atoms. The van der Waals surface area contributed by atoms with Gasteiger partial charge in [0.15, 0.2) is 0 Å². The number of nitrogens with two attached hydrogens (primary N) is 2. The summed E-state index contributed by atoms with van der Waals surface area (Å²) in [6.07, 6.45) is -0.282. The third kappa shape index (κ3) is 4.74. The van der Waals surface area contributed by atoms with Gasteiger partial charge in [0, 0.05) is 18.0 Å². The molecular weight excluding hydrogens is 220 g/mol. The highest BCUT2D eigenvalue weighted by atomic mass is 16.5. The van der Waals surface area contributed by atoms with E-state index in [9.17, 15) is 4.79 Å². The molecule has 1 aromatic rings.